The van der Waals surface area contributed by atoms with Crippen molar-refractivity contribution in [2.45, 2.75) is 13.3 Å². The van der Waals surface area contributed by atoms with Crippen molar-refractivity contribution in [1.82, 2.24) is 0 Å². The third-order valence-electron chi connectivity index (χ3n) is 0.650. The molecule has 0 amide bonds. The summed E-state index contributed by atoms with van der Waals surface area (Å²) in [4.78, 5) is 0. The highest BCUT2D eigenvalue weighted by Crippen LogP contribution is 1.65. The average Bonchev–Trinajstić information content (AvgIpc) is 2.01. The van der Waals surface area contributed by atoms with Crippen molar-refractivity contribution < 1.29 is 9.47 Å². The van der Waals surface area contributed by atoms with Crippen molar-refractivity contribution in [2.24, 2.45) is 0 Å². The van der Waals surface area contributed by atoms with Gasteiger partial charge in [0.15, 0.2) is 0 Å². The molecule has 0 fully saturated rings. The van der Waals surface area contributed by atoms with Gasteiger partial charge in [-0.05, 0) is 0 Å². The van der Waals surface area contributed by atoms with Gasteiger partial charge in [-0.15, -0.1) is 0 Å². The first-order valence-electron chi connectivity index (χ1n) is 3.18. The molecule has 0 heterocycles. The molecular weight excluding hydrogens is 130 g/mol. The first-order valence-corrected chi connectivity index (χ1v) is 3.18. The summed E-state index contributed by atoms with van der Waals surface area (Å²) in [6, 6.07) is 1.93. The molecule has 0 unspecified atom stereocenters. The second kappa shape index (κ2) is 15.8. The number of rotatable bonds is 3. The number of nitrogens with zero attached hydrogens (tertiary/aromatic N) is 1. The Kier molecular flexibility index (Phi) is 19.1. The second-order valence-corrected chi connectivity index (χ2v) is 1.50. The summed E-state index contributed by atoms with van der Waals surface area (Å²) >= 11 is 0. The Morgan fingerprint density at radius 2 is 1.50 bits per heavy atom. The maximum atomic E-state index is 7.62. The Labute approximate surface area is 62.6 Å². The van der Waals surface area contributed by atoms with Gasteiger partial charge in [0.1, 0.15) is 0 Å². The van der Waals surface area contributed by atoms with E-state index in [1.165, 1.54) is 0 Å². The molecule has 0 aliphatic heterocycles. The molecule has 0 spiro atoms. The molecule has 0 bridgehead atoms. The van der Waals surface area contributed by atoms with E-state index in [-0.39, 0.29) is 0 Å². The van der Waals surface area contributed by atoms with Gasteiger partial charge in [0.25, 0.3) is 0 Å². The molecular formula is C7H15NO2. The summed E-state index contributed by atoms with van der Waals surface area (Å²) < 4.78 is 9.31. The van der Waals surface area contributed by atoms with Gasteiger partial charge in [-0.2, -0.15) is 5.26 Å². The molecule has 0 atom stereocenters. The SMILES string of the molecule is CCC#N.COCCOC. The highest BCUT2D eigenvalue weighted by molar-refractivity contribution is 4.61. The predicted octanol–water partition coefficient (Wildman–Crippen LogP) is 1.20. The summed E-state index contributed by atoms with van der Waals surface area (Å²) in [6.45, 7) is 3.20. The van der Waals surface area contributed by atoms with Crippen molar-refractivity contribution in [3.05, 3.63) is 0 Å². The zero-order chi connectivity index (χ0) is 8.24. The molecule has 0 rings (SSSR count). The van der Waals surface area contributed by atoms with Crippen molar-refractivity contribution in [3.63, 3.8) is 0 Å². The summed E-state index contributed by atoms with van der Waals surface area (Å²) in [5.41, 5.74) is 0. The van der Waals surface area contributed by atoms with Gasteiger partial charge >= 0.3 is 0 Å². The van der Waals surface area contributed by atoms with Crippen LogP contribution in [0.1, 0.15) is 13.3 Å². The van der Waals surface area contributed by atoms with Crippen LogP contribution in [0.5, 0.6) is 0 Å². The Bertz CT molecular complexity index is 74.2. The Morgan fingerprint density at radius 1 is 1.20 bits per heavy atom. The number of hydrogen-bond acceptors (Lipinski definition) is 3. The fourth-order valence-electron chi connectivity index (χ4n) is 0.167. The fourth-order valence-corrected chi connectivity index (χ4v) is 0.167. The lowest BCUT2D eigenvalue weighted by atomic mass is 10.6. The number of nitriles is 1. The van der Waals surface area contributed by atoms with E-state index in [0.717, 1.165) is 0 Å². The van der Waals surface area contributed by atoms with Crippen LogP contribution in [-0.2, 0) is 9.47 Å². The third kappa shape index (κ3) is 26.2. The maximum absolute atomic E-state index is 7.62. The molecule has 0 aromatic rings. The van der Waals surface area contributed by atoms with Crippen LogP contribution in [-0.4, -0.2) is 27.4 Å². The largest absolute Gasteiger partial charge is 0.382 e. The van der Waals surface area contributed by atoms with Gasteiger partial charge in [-0.1, -0.05) is 6.92 Å². The van der Waals surface area contributed by atoms with Crippen LogP contribution in [0.4, 0.5) is 0 Å². The average molecular weight is 145 g/mol. The van der Waals surface area contributed by atoms with E-state index < -0.39 is 0 Å². The van der Waals surface area contributed by atoms with Gasteiger partial charge in [-0.3, -0.25) is 0 Å². The van der Waals surface area contributed by atoms with Gasteiger partial charge in [0.2, 0.25) is 0 Å². The van der Waals surface area contributed by atoms with E-state index in [2.05, 4.69) is 9.47 Å². The molecule has 0 radical (unpaired) electrons. The van der Waals surface area contributed by atoms with Crippen LogP contribution in [0.25, 0.3) is 0 Å². The predicted molar refractivity (Wildman–Crippen MR) is 39.7 cm³/mol. The van der Waals surface area contributed by atoms with E-state index in [4.69, 9.17) is 5.26 Å². The Morgan fingerprint density at radius 3 is 1.60 bits per heavy atom. The van der Waals surface area contributed by atoms with Gasteiger partial charge < -0.3 is 9.47 Å². The van der Waals surface area contributed by atoms with Gasteiger partial charge in [0.05, 0.1) is 19.3 Å². The molecule has 0 saturated carbocycles. The lowest BCUT2D eigenvalue weighted by Crippen LogP contribution is -1.96. The number of methoxy groups -OCH3 is 2. The summed E-state index contributed by atoms with van der Waals surface area (Å²) in [7, 11) is 3.30. The lowest BCUT2D eigenvalue weighted by molar-refractivity contribution is 0.103. The molecule has 3 heteroatoms. The molecule has 0 aliphatic carbocycles. The Hall–Kier alpha value is -0.590. The molecule has 60 valence electrons. The van der Waals surface area contributed by atoms with Crippen molar-refractivity contribution in [3.8, 4) is 6.07 Å². The van der Waals surface area contributed by atoms with E-state index in [1.54, 1.807) is 14.2 Å². The van der Waals surface area contributed by atoms with E-state index >= 15 is 0 Å². The van der Waals surface area contributed by atoms with E-state index in [1.807, 2.05) is 13.0 Å². The molecule has 0 aromatic heterocycles. The lowest BCUT2D eigenvalue weighted by Gasteiger charge is -1.91. The number of ether oxygens (including phenoxy) is 2. The van der Waals surface area contributed by atoms with Crippen LogP contribution in [0.3, 0.4) is 0 Å². The van der Waals surface area contributed by atoms with Crippen LogP contribution >= 0.6 is 0 Å². The molecule has 0 aromatic carbocycles. The molecule has 3 nitrogen and oxygen atoms in total. The van der Waals surface area contributed by atoms with Crippen molar-refractivity contribution in [1.29, 1.82) is 5.26 Å². The monoisotopic (exact) mass is 145 g/mol. The highest BCUT2D eigenvalue weighted by atomic mass is 16.5. The summed E-state index contributed by atoms with van der Waals surface area (Å²) in [5.74, 6) is 0. The quantitative estimate of drug-likeness (QED) is 0.560. The minimum Gasteiger partial charge on any atom is -0.382 e. The Balaban J connectivity index is 0. The summed E-state index contributed by atoms with van der Waals surface area (Å²) in [5, 5.41) is 7.62. The van der Waals surface area contributed by atoms with Crippen LogP contribution in [0.2, 0.25) is 0 Å². The first kappa shape index (κ1) is 12.1. The van der Waals surface area contributed by atoms with Gasteiger partial charge in [-0.25, -0.2) is 0 Å². The van der Waals surface area contributed by atoms with Gasteiger partial charge in [0, 0.05) is 20.6 Å². The maximum Gasteiger partial charge on any atom is 0.0696 e. The minimum absolute atomic E-state index is 0.625. The normalized spacial score (nSPS) is 7.40. The van der Waals surface area contributed by atoms with Crippen LogP contribution in [0.15, 0.2) is 0 Å². The van der Waals surface area contributed by atoms with Crippen LogP contribution in [0, 0.1) is 11.3 Å². The number of hydrogen-bond donors (Lipinski definition) is 0. The van der Waals surface area contributed by atoms with E-state index in [0.29, 0.717) is 19.6 Å². The minimum atomic E-state index is 0.625. The topological polar surface area (TPSA) is 42.2 Å². The molecule has 0 aliphatic rings. The fraction of sp³-hybridized carbons (Fsp3) is 0.857. The zero-order valence-electron chi connectivity index (χ0n) is 6.89. The standard InChI is InChI=1S/C4H10O2.C3H5N/c1-5-3-4-6-2;1-2-3-4/h3-4H2,1-2H3;2H2,1H3. The van der Waals surface area contributed by atoms with Crippen molar-refractivity contribution >= 4 is 0 Å². The smallest absolute Gasteiger partial charge is 0.0696 e. The highest BCUT2D eigenvalue weighted by Gasteiger charge is 1.73. The molecule has 10 heavy (non-hydrogen) atoms. The van der Waals surface area contributed by atoms with E-state index in [9.17, 15) is 0 Å². The third-order valence-corrected chi connectivity index (χ3v) is 0.650. The van der Waals surface area contributed by atoms with Crippen molar-refractivity contribution in [2.75, 3.05) is 27.4 Å². The molecule has 0 saturated heterocycles. The molecule has 0 N–H and O–H groups in total. The van der Waals surface area contributed by atoms with Crippen LogP contribution < -0.4 is 0 Å². The second-order valence-electron chi connectivity index (χ2n) is 1.50. The first-order chi connectivity index (χ1) is 4.83. The zero-order valence-corrected chi connectivity index (χ0v) is 6.89. The summed E-state index contributed by atoms with van der Waals surface area (Å²) in [6.07, 6.45) is 0.625.